The van der Waals surface area contributed by atoms with E-state index in [1.807, 2.05) is 12.1 Å². The van der Waals surface area contributed by atoms with Crippen molar-refractivity contribution in [2.45, 2.75) is 13.0 Å². The average Bonchev–Trinajstić information content (AvgIpc) is 2.53. The van der Waals surface area contributed by atoms with Crippen LogP contribution in [0.1, 0.15) is 18.5 Å². The van der Waals surface area contributed by atoms with Crippen molar-refractivity contribution in [2.24, 2.45) is 0 Å². The van der Waals surface area contributed by atoms with Gasteiger partial charge < -0.3 is 19.5 Å². The normalized spacial score (nSPS) is 17.6. The standard InChI is InChI=1S/C15H24N2O3/c1-11(17-7-5-16-6-8-17)15-13(19-3)9-12(18-2)10-14(15)20-4/h9-11,16H,5-8H2,1-4H3/t11-/m1/s1. The van der Waals surface area contributed by atoms with Gasteiger partial charge in [-0.2, -0.15) is 0 Å². The van der Waals surface area contributed by atoms with Crippen LogP contribution in [0.5, 0.6) is 17.2 Å². The second kappa shape index (κ2) is 6.81. The van der Waals surface area contributed by atoms with Crippen molar-refractivity contribution in [3.63, 3.8) is 0 Å². The van der Waals surface area contributed by atoms with Gasteiger partial charge in [0, 0.05) is 44.4 Å². The van der Waals surface area contributed by atoms with Gasteiger partial charge in [0.15, 0.2) is 0 Å². The van der Waals surface area contributed by atoms with Crippen molar-refractivity contribution < 1.29 is 14.2 Å². The number of nitrogens with zero attached hydrogens (tertiary/aromatic N) is 1. The molecule has 20 heavy (non-hydrogen) atoms. The first-order valence-corrected chi connectivity index (χ1v) is 6.96. The summed E-state index contributed by atoms with van der Waals surface area (Å²) in [6.07, 6.45) is 0. The number of hydrogen-bond acceptors (Lipinski definition) is 5. The first-order chi connectivity index (χ1) is 9.71. The second-order valence-electron chi connectivity index (χ2n) is 4.91. The predicted octanol–water partition coefficient (Wildman–Crippen LogP) is 1.68. The Hall–Kier alpha value is -1.46. The molecule has 0 aliphatic carbocycles. The largest absolute Gasteiger partial charge is 0.496 e. The Kier molecular flexibility index (Phi) is 5.09. The van der Waals surface area contributed by atoms with Crippen molar-refractivity contribution in [1.29, 1.82) is 0 Å². The van der Waals surface area contributed by atoms with Crippen LogP contribution in [0.3, 0.4) is 0 Å². The fourth-order valence-corrected chi connectivity index (χ4v) is 2.70. The van der Waals surface area contributed by atoms with E-state index in [0.29, 0.717) is 0 Å². The molecule has 1 saturated heterocycles. The fraction of sp³-hybridized carbons (Fsp3) is 0.600. The summed E-state index contributed by atoms with van der Waals surface area (Å²) >= 11 is 0. The molecular weight excluding hydrogens is 256 g/mol. The summed E-state index contributed by atoms with van der Waals surface area (Å²) in [4.78, 5) is 2.43. The van der Waals surface area contributed by atoms with Gasteiger partial charge in [-0.1, -0.05) is 0 Å². The van der Waals surface area contributed by atoms with Gasteiger partial charge >= 0.3 is 0 Å². The van der Waals surface area contributed by atoms with Crippen LogP contribution in [-0.2, 0) is 0 Å². The molecule has 0 aromatic heterocycles. The highest BCUT2D eigenvalue weighted by Crippen LogP contribution is 2.40. The zero-order valence-electron chi connectivity index (χ0n) is 12.7. The maximum absolute atomic E-state index is 5.54. The van der Waals surface area contributed by atoms with Crippen molar-refractivity contribution in [1.82, 2.24) is 10.2 Å². The minimum atomic E-state index is 0.243. The molecule has 1 aliphatic heterocycles. The first-order valence-electron chi connectivity index (χ1n) is 6.96. The molecule has 2 rings (SSSR count). The van der Waals surface area contributed by atoms with E-state index in [4.69, 9.17) is 14.2 Å². The van der Waals surface area contributed by atoms with Crippen LogP contribution < -0.4 is 19.5 Å². The predicted molar refractivity (Wildman–Crippen MR) is 79.0 cm³/mol. The van der Waals surface area contributed by atoms with E-state index in [2.05, 4.69) is 17.1 Å². The van der Waals surface area contributed by atoms with E-state index in [1.165, 1.54) is 0 Å². The third-order valence-corrected chi connectivity index (χ3v) is 3.87. The number of rotatable bonds is 5. The number of ether oxygens (including phenoxy) is 3. The van der Waals surface area contributed by atoms with Gasteiger partial charge in [0.2, 0.25) is 0 Å². The lowest BCUT2D eigenvalue weighted by Crippen LogP contribution is -2.44. The smallest absolute Gasteiger partial charge is 0.131 e. The molecule has 0 spiro atoms. The number of hydrogen-bond donors (Lipinski definition) is 1. The highest BCUT2D eigenvalue weighted by atomic mass is 16.5. The second-order valence-corrected chi connectivity index (χ2v) is 4.91. The number of nitrogens with one attached hydrogen (secondary N) is 1. The van der Waals surface area contributed by atoms with Crippen LogP contribution in [0, 0.1) is 0 Å². The topological polar surface area (TPSA) is 43.0 Å². The van der Waals surface area contributed by atoms with Gasteiger partial charge in [-0.3, -0.25) is 4.90 Å². The summed E-state index contributed by atoms with van der Waals surface area (Å²) in [5.41, 5.74) is 1.08. The van der Waals surface area contributed by atoms with Crippen molar-refractivity contribution in [2.75, 3.05) is 47.5 Å². The molecule has 1 fully saturated rings. The van der Waals surface area contributed by atoms with E-state index < -0.39 is 0 Å². The van der Waals surface area contributed by atoms with Gasteiger partial charge in [-0.25, -0.2) is 0 Å². The Balaban J connectivity index is 2.36. The van der Waals surface area contributed by atoms with Crippen molar-refractivity contribution in [3.8, 4) is 17.2 Å². The molecule has 1 aromatic rings. The Morgan fingerprint density at radius 1 is 1.00 bits per heavy atom. The summed E-state index contributed by atoms with van der Waals surface area (Å²) in [5.74, 6) is 2.37. The lowest BCUT2D eigenvalue weighted by molar-refractivity contribution is 0.179. The maximum Gasteiger partial charge on any atom is 0.131 e. The molecule has 1 aliphatic rings. The summed E-state index contributed by atoms with van der Waals surface area (Å²) < 4.78 is 16.4. The Morgan fingerprint density at radius 3 is 2.00 bits per heavy atom. The van der Waals surface area contributed by atoms with E-state index in [9.17, 15) is 0 Å². The zero-order valence-corrected chi connectivity index (χ0v) is 12.7. The number of methoxy groups -OCH3 is 3. The maximum atomic E-state index is 5.54. The van der Waals surface area contributed by atoms with Gasteiger partial charge in [-0.05, 0) is 6.92 Å². The molecule has 0 saturated carbocycles. The van der Waals surface area contributed by atoms with Crippen LogP contribution in [0.25, 0.3) is 0 Å². The third-order valence-electron chi connectivity index (χ3n) is 3.87. The first kappa shape index (κ1) is 14.9. The molecule has 1 N–H and O–H groups in total. The molecule has 0 amide bonds. The van der Waals surface area contributed by atoms with E-state index >= 15 is 0 Å². The Labute approximate surface area is 120 Å². The number of piperazine rings is 1. The van der Waals surface area contributed by atoms with Gasteiger partial charge in [0.25, 0.3) is 0 Å². The molecule has 1 atom stereocenters. The zero-order chi connectivity index (χ0) is 14.5. The van der Waals surface area contributed by atoms with Crippen LogP contribution in [0.2, 0.25) is 0 Å². The van der Waals surface area contributed by atoms with Crippen LogP contribution in [0.15, 0.2) is 12.1 Å². The highest BCUT2D eigenvalue weighted by molar-refractivity contribution is 5.52. The van der Waals surface area contributed by atoms with Crippen molar-refractivity contribution in [3.05, 3.63) is 17.7 Å². The third kappa shape index (κ3) is 2.99. The quantitative estimate of drug-likeness (QED) is 0.889. The molecule has 0 bridgehead atoms. The summed E-state index contributed by atoms with van der Waals surface area (Å²) in [6.45, 7) is 6.29. The van der Waals surface area contributed by atoms with Crippen LogP contribution in [-0.4, -0.2) is 52.4 Å². The van der Waals surface area contributed by atoms with E-state index in [-0.39, 0.29) is 6.04 Å². The fourth-order valence-electron chi connectivity index (χ4n) is 2.70. The molecule has 1 heterocycles. The average molecular weight is 280 g/mol. The summed E-state index contributed by atoms with van der Waals surface area (Å²) in [7, 11) is 5.01. The minimum absolute atomic E-state index is 0.243. The lowest BCUT2D eigenvalue weighted by atomic mass is 10.0. The Bertz CT molecular complexity index is 420. The lowest BCUT2D eigenvalue weighted by Gasteiger charge is -2.34. The van der Waals surface area contributed by atoms with Gasteiger partial charge in [0.05, 0.1) is 26.9 Å². The molecule has 5 heteroatoms. The molecule has 112 valence electrons. The summed E-state index contributed by atoms with van der Waals surface area (Å²) in [6, 6.07) is 4.07. The molecular formula is C15H24N2O3. The monoisotopic (exact) mass is 280 g/mol. The van der Waals surface area contributed by atoms with Crippen molar-refractivity contribution >= 4 is 0 Å². The molecule has 1 aromatic carbocycles. The van der Waals surface area contributed by atoms with Crippen LogP contribution >= 0.6 is 0 Å². The highest BCUT2D eigenvalue weighted by Gasteiger charge is 2.25. The summed E-state index contributed by atoms with van der Waals surface area (Å²) in [5, 5.41) is 3.37. The van der Waals surface area contributed by atoms with Crippen LogP contribution in [0.4, 0.5) is 0 Å². The minimum Gasteiger partial charge on any atom is -0.496 e. The Morgan fingerprint density at radius 2 is 1.55 bits per heavy atom. The van der Waals surface area contributed by atoms with Gasteiger partial charge in [0.1, 0.15) is 17.2 Å². The SMILES string of the molecule is COc1cc(OC)c([C@@H](C)N2CCNCC2)c(OC)c1. The van der Waals surface area contributed by atoms with Gasteiger partial charge in [-0.15, -0.1) is 0 Å². The molecule has 0 radical (unpaired) electrons. The molecule has 0 unspecified atom stereocenters. The number of benzene rings is 1. The van der Waals surface area contributed by atoms with E-state index in [1.54, 1.807) is 21.3 Å². The molecule has 5 nitrogen and oxygen atoms in total. The van der Waals surface area contributed by atoms with E-state index in [0.717, 1.165) is 49.0 Å².